The minimum Gasteiger partial charge on any atom is -0.493 e. The van der Waals surface area contributed by atoms with Crippen LogP contribution in [0.4, 0.5) is 16.2 Å². The third kappa shape index (κ3) is 5.63. The van der Waals surface area contributed by atoms with E-state index >= 15 is 0 Å². The highest BCUT2D eigenvalue weighted by Crippen LogP contribution is 2.37. The number of para-hydroxylation sites is 1. The zero-order valence-corrected chi connectivity index (χ0v) is 20.2. The Labute approximate surface area is 205 Å². The van der Waals surface area contributed by atoms with E-state index in [4.69, 9.17) is 14.2 Å². The maximum Gasteiger partial charge on any atom is 0.326 e. The van der Waals surface area contributed by atoms with E-state index < -0.39 is 0 Å². The van der Waals surface area contributed by atoms with Gasteiger partial charge >= 0.3 is 6.03 Å². The summed E-state index contributed by atoms with van der Waals surface area (Å²) >= 11 is 0. The SMILES string of the molecule is CCCCN(C(=O)Nc1ccccc1)c1ccc(Oc2ccnc3cc(OC)c(OC)cc23)cc1. The molecule has 0 atom stereocenters. The second kappa shape index (κ2) is 11.2. The van der Waals surface area contributed by atoms with Crippen LogP contribution in [0.15, 0.2) is 79.0 Å². The number of urea groups is 1. The van der Waals surface area contributed by atoms with E-state index in [9.17, 15) is 4.79 Å². The topological polar surface area (TPSA) is 72.9 Å². The molecule has 0 radical (unpaired) electrons. The van der Waals surface area contributed by atoms with Crippen LogP contribution in [0.25, 0.3) is 10.9 Å². The van der Waals surface area contributed by atoms with Crippen LogP contribution in [-0.2, 0) is 0 Å². The number of carbonyl (C=O) groups is 1. The molecule has 180 valence electrons. The summed E-state index contributed by atoms with van der Waals surface area (Å²) in [5.41, 5.74) is 2.29. The molecule has 0 unspecified atom stereocenters. The van der Waals surface area contributed by atoms with E-state index in [-0.39, 0.29) is 6.03 Å². The van der Waals surface area contributed by atoms with Gasteiger partial charge in [0.05, 0.1) is 19.7 Å². The Bertz CT molecular complexity index is 1280. The number of hydrogen-bond donors (Lipinski definition) is 1. The lowest BCUT2D eigenvalue weighted by molar-refractivity contribution is 0.257. The molecule has 0 bridgehead atoms. The van der Waals surface area contributed by atoms with Gasteiger partial charge in [-0.25, -0.2) is 4.79 Å². The summed E-state index contributed by atoms with van der Waals surface area (Å²) in [4.78, 5) is 19.2. The molecule has 0 aliphatic carbocycles. The first-order valence-corrected chi connectivity index (χ1v) is 11.5. The van der Waals surface area contributed by atoms with Crippen LogP contribution in [0.5, 0.6) is 23.0 Å². The number of benzene rings is 3. The smallest absolute Gasteiger partial charge is 0.326 e. The average molecular weight is 472 g/mol. The van der Waals surface area contributed by atoms with Gasteiger partial charge in [-0.1, -0.05) is 31.5 Å². The molecule has 0 spiro atoms. The maximum atomic E-state index is 13.0. The molecule has 1 heterocycles. The summed E-state index contributed by atoms with van der Waals surface area (Å²) in [6.45, 7) is 2.72. The van der Waals surface area contributed by atoms with Crippen molar-refractivity contribution in [2.45, 2.75) is 19.8 Å². The molecule has 0 aliphatic heterocycles. The van der Waals surface area contributed by atoms with Gasteiger partial charge in [0.15, 0.2) is 11.5 Å². The standard InChI is InChI=1S/C28H29N3O4/c1-4-5-17-31(28(32)30-20-9-7-6-8-10-20)21-11-13-22(14-12-21)35-25-15-16-29-24-19-27(34-3)26(33-2)18-23(24)25/h6-16,18-19H,4-5,17H2,1-3H3,(H,30,32). The van der Waals surface area contributed by atoms with E-state index in [0.29, 0.717) is 29.5 Å². The first-order chi connectivity index (χ1) is 17.1. The Morgan fingerprint density at radius 2 is 1.63 bits per heavy atom. The van der Waals surface area contributed by atoms with Crippen LogP contribution in [0.2, 0.25) is 0 Å². The number of hydrogen-bond acceptors (Lipinski definition) is 5. The highest BCUT2D eigenvalue weighted by Gasteiger charge is 2.16. The van der Waals surface area contributed by atoms with Crippen molar-refractivity contribution in [2.24, 2.45) is 0 Å². The van der Waals surface area contributed by atoms with Crippen molar-refractivity contribution >= 4 is 28.3 Å². The molecule has 0 aliphatic rings. The van der Waals surface area contributed by atoms with Gasteiger partial charge in [-0.15, -0.1) is 0 Å². The van der Waals surface area contributed by atoms with Crippen molar-refractivity contribution in [3.63, 3.8) is 0 Å². The van der Waals surface area contributed by atoms with E-state index in [1.54, 1.807) is 25.3 Å². The third-order valence-corrected chi connectivity index (χ3v) is 5.59. The van der Waals surface area contributed by atoms with E-state index in [1.807, 2.05) is 72.8 Å². The number of carbonyl (C=O) groups excluding carboxylic acids is 1. The van der Waals surface area contributed by atoms with E-state index in [2.05, 4.69) is 17.2 Å². The van der Waals surface area contributed by atoms with Gasteiger partial charge in [0, 0.05) is 35.6 Å². The molecule has 7 nitrogen and oxygen atoms in total. The number of anilines is 2. The van der Waals surface area contributed by atoms with Crippen molar-refractivity contribution in [1.29, 1.82) is 0 Å². The van der Waals surface area contributed by atoms with Crippen molar-refractivity contribution < 1.29 is 19.0 Å². The normalized spacial score (nSPS) is 10.6. The van der Waals surface area contributed by atoms with Crippen LogP contribution in [0, 0.1) is 0 Å². The molecule has 4 rings (SSSR count). The summed E-state index contributed by atoms with van der Waals surface area (Å²) in [5.74, 6) is 2.50. The second-order valence-corrected chi connectivity index (χ2v) is 7.93. The van der Waals surface area contributed by atoms with Crippen molar-refractivity contribution in [3.8, 4) is 23.0 Å². The maximum absolute atomic E-state index is 13.0. The Kier molecular flexibility index (Phi) is 7.67. The fourth-order valence-electron chi connectivity index (χ4n) is 3.73. The number of rotatable bonds is 9. The molecule has 1 aromatic heterocycles. The minimum absolute atomic E-state index is 0.167. The Morgan fingerprint density at radius 1 is 0.914 bits per heavy atom. The summed E-state index contributed by atoms with van der Waals surface area (Å²) in [5, 5.41) is 3.78. The number of fused-ring (bicyclic) bond motifs is 1. The molecule has 3 aromatic carbocycles. The molecule has 4 aromatic rings. The third-order valence-electron chi connectivity index (χ3n) is 5.59. The number of ether oxygens (including phenoxy) is 3. The van der Waals surface area contributed by atoms with Gasteiger partial charge < -0.3 is 19.5 Å². The zero-order valence-electron chi connectivity index (χ0n) is 20.2. The molecule has 0 saturated heterocycles. The van der Waals surface area contributed by atoms with E-state index in [0.717, 1.165) is 35.1 Å². The molecule has 35 heavy (non-hydrogen) atoms. The van der Waals surface area contributed by atoms with Crippen molar-refractivity contribution in [1.82, 2.24) is 4.98 Å². The summed E-state index contributed by atoms with van der Waals surface area (Å²) in [6, 6.07) is 22.3. The minimum atomic E-state index is -0.167. The molecular weight excluding hydrogens is 442 g/mol. The summed E-state index contributed by atoms with van der Waals surface area (Å²) in [6.07, 6.45) is 3.58. The molecule has 2 amide bonds. The van der Waals surface area contributed by atoms with Crippen LogP contribution < -0.4 is 24.4 Å². The highest BCUT2D eigenvalue weighted by molar-refractivity contribution is 6.01. The molecule has 0 saturated carbocycles. The van der Waals surface area contributed by atoms with Gasteiger partial charge in [-0.2, -0.15) is 0 Å². The lowest BCUT2D eigenvalue weighted by Gasteiger charge is -2.23. The lowest BCUT2D eigenvalue weighted by Crippen LogP contribution is -2.35. The van der Waals surface area contributed by atoms with Crippen LogP contribution in [0.3, 0.4) is 0 Å². The van der Waals surface area contributed by atoms with Gasteiger partial charge in [-0.05, 0) is 55.0 Å². The predicted molar refractivity (Wildman–Crippen MR) is 139 cm³/mol. The number of aromatic nitrogens is 1. The number of nitrogens with one attached hydrogen (secondary N) is 1. The molecule has 0 fully saturated rings. The first kappa shape index (κ1) is 23.9. The molecule has 1 N–H and O–H groups in total. The fourth-order valence-corrected chi connectivity index (χ4v) is 3.73. The largest absolute Gasteiger partial charge is 0.493 e. The lowest BCUT2D eigenvalue weighted by atomic mass is 10.2. The van der Waals surface area contributed by atoms with Gasteiger partial charge in [0.2, 0.25) is 0 Å². The van der Waals surface area contributed by atoms with Crippen molar-refractivity contribution in [2.75, 3.05) is 31.0 Å². The number of unbranched alkanes of at least 4 members (excludes halogenated alkanes) is 1. The van der Waals surface area contributed by atoms with E-state index in [1.165, 1.54) is 0 Å². The number of pyridine rings is 1. The monoisotopic (exact) mass is 471 g/mol. The number of methoxy groups -OCH3 is 2. The van der Waals surface area contributed by atoms with Crippen LogP contribution >= 0.6 is 0 Å². The second-order valence-electron chi connectivity index (χ2n) is 7.93. The summed E-state index contributed by atoms with van der Waals surface area (Å²) in [7, 11) is 3.19. The highest BCUT2D eigenvalue weighted by atomic mass is 16.5. The number of nitrogens with zero attached hydrogens (tertiary/aromatic N) is 2. The fraction of sp³-hybridized carbons (Fsp3) is 0.214. The van der Waals surface area contributed by atoms with Crippen molar-refractivity contribution in [3.05, 3.63) is 79.0 Å². The quantitative estimate of drug-likeness (QED) is 0.288. The van der Waals surface area contributed by atoms with Crippen LogP contribution in [0.1, 0.15) is 19.8 Å². The van der Waals surface area contributed by atoms with Gasteiger partial charge in [0.25, 0.3) is 0 Å². The first-order valence-electron chi connectivity index (χ1n) is 11.5. The Hall–Kier alpha value is -4.26. The van der Waals surface area contributed by atoms with Gasteiger partial charge in [-0.3, -0.25) is 9.88 Å². The zero-order chi connectivity index (χ0) is 24.6. The Balaban J connectivity index is 1.56. The molecular formula is C28H29N3O4. The van der Waals surface area contributed by atoms with Gasteiger partial charge in [0.1, 0.15) is 11.5 Å². The number of amides is 2. The summed E-state index contributed by atoms with van der Waals surface area (Å²) < 4.78 is 17.0. The molecule has 7 heteroatoms. The average Bonchev–Trinajstić information content (AvgIpc) is 2.89. The van der Waals surface area contributed by atoms with Crippen LogP contribution in [-0.4, -0.2) is 31.8 Å². The Morgan fingerprint density at radius 3 is 2.31 bits per heavy atom. The predicted octanol–water partition coefficient (Wildman–Crippen LogP) is 6.88.